The topological polar surface area (TPSA) is 25.8 Å². The van der Waals surface area contributed by atoms with Crippen LogP contribution in [0.2, 0.25) is 0 Å². The van der Waals surface area contributed by atoms with Crippen LogP contribution in [0.15, 0.2) is 194 Å². The first-order valence-electron chi connectivity index (χ1n) is 21.7. The van der Waals surface area contributed by atoms with Crippen molar-refractivity contribution < 1.29 is 0 Å². The summed E-state index contributed by atoms with van der Waals surface area (Å²) in [6, 6.07) is 71.1. The number of aromatic nitrogens is 2. The highest BCUT2D eigenvalue weighted by Crippen LogP contribution is 2.54. The Morgan fingerprint density at radius 1 is 0.290 bits per heavy atom. The molecule has 10 aromatic rings. The van der Waals surface area contributed by atoms with Gasteiger partial charge in [-0.25, -0.2) is 9.97 Å². The van der Waals surface area contributed by atoms with E-state index in [1.54, 1.807) is 0 Å². The van der Waals surface area contributed by atoms with Gasteiger partial charge < -0.3 is 0 Å². The van der Waals surface area contributed by atoms with Gasteiger partial charge in [0.2, 0.25) is 0 Å². The molecule has 12 rings (SSSR count). The van der Waals surface area contributed by atoms with E-state index in [-0.39, 0.29) is 10.8 Å². The Bertz CT molecular complexity index is 3460. The van der Waals surface area contributed by atoms with Crippen molar-refractivity contribution in [1.82, 2.24) is 9.97 Å². The van der Waals surface area contributed by atoms with Crippen LogP contribution >= 0.6 is 0 Å². The largest absolute Gasteiger partial charge is 0.228 e. The molecule has 294 valence electrons. The minimum absolute atomic E-state index is 0.0529. The molecular weight excluding hydrogens is 749 g/mol. The lowest BCUT2D eigenvalue weighted by Gasteiger charge is -2.22. The number of benzene rings is 9. The third-order valence-corrected chi connectivity index (χ3v) is 13.9. The zero-order valence-corrected chi connectivity index (χ0v) is 35.4. The minimum atomic E-state index is -0.149. The third kappa shape index (κ3) is 5.49. The quantitative estimate of drug-likeness (QED) is 0.173. The molecule has 0 fully saturated rings. The fourth-order valence-electron chi connectivity index (χ4n) is 10.7. The molecule has 0 unspecified atom stereocenters. The van der Waals surface area contributed by atoms with Crippen LogP contribution in [0.1, 0.15) is 49.9 Å². The van der Waals surface area contributed by atoms with Crippen molar-refractivity contribution in [2.75, 3.05) is 0 Å². The van der Waals surface area contributed by atoms with E-state index in [1.165, 1.54) is 88.3 Å². The molecule has 62 heavy (non-hydrogen) atoms. The van der Waals surface area contributed by atoms with Crippen LogP contribution in [0, 0.1) is 0 Å². The van der Waals surface area contributed by atoms with E-state index < -0.39 is 0 Å². The van der Waals surface area contributed by atoms with Crippen LogP contribution in [0.3, 0.4) is 0 Å². The van der Waals surface area contributed by atoms with E-state index in [0.717, 1.165) is 33.9 Å². The van der Waals surface area contributed by atoms with Crippen LogP contribution in [0.5, 0.6) is 0 Å². The Kier molecular flexibility index (Phi) is 7.96. The van der Waals surface area contributed by atoms with Crippen LogP contribution in [-0.2, 0) is 10.8 Å². The molecule has 0 atom stereocenters. The highest BCUT2D eigenvalue weighted by Gasteiger charge is 2.38. The van der Waals surface area contributed by atoms with Gasteiger partial charge in [0.05, 0.1) is 11.4 Å². The maximum absolute atomic E-state index is 5.33. The molecule has 0 N–H and O–H groups in total. The van der Waals surface area contributed by atoms with Crippen molar-refractivity contribution in [2.45, 2.75) is 38.5 Å². The SMILES string of the molecule is CC1(C)c2cc3ccccc3cc2-c2c(-c3cc(-c4ccc5cc(-c6ccccc6-c6cccc7c6-c6ccccc6C7(C)C)ccc5c4)nc(-c4ccccc4)n3)cccc21. The van der Waals surface area contributed by atoms with E-state index in [9.17, 15) is 0 Å². The number of nitrogens with zero attached hydrogens (tertiary/aromatic N) is 2. The highest BCUT2D eigenvalue weighted by molar-refractivity contribution is 6.00. The van der Waals surface area contributed by atoms with Crippen LogP contribution in [0.25, 0.3) is 100.0 Å². The second kappa shape index (κ2) is 13.5. The molecular formula is C60H44N2. The van der Waals surface area contributed by atoms with E-state index in [1.807, 2.05) is 6.07 Å². The molecule has 0 saturated heterocycles. The predicted octanol–water partition coefficient (Wildman–Crippen LogP) is 15.7. The summed E-state index contributed by atoms with van der Waals surface area (Å²) in [6.45, 7) is 9.40. The highest BCUT2D eigenvalue weighted by atomic mass is 14.9. The lowest BCUT2D eigenvalue weighted by molar-refractivity contribution is 0.660. The van der Waals surface area contributed by atoms with Gasteiger partial charge in [0.25, 0.3) is 0 Å². The second-order valence-corrected chi connectivity index (χ2v) is 18.1. The van der Waals surface area contributed by atoms with Crippen molar-refractivity contribution >= 4 is 21.5 Å². The van der Waals surface area contributed by atoms with Gasteiger partial charge in [0.15, 0.2) is 5.82 Å². The van der Waals surface area contributed by atoms with Gasteiger partial charge in [-0.15, -0.1) is 0 Å². The molecule has 0 aliphatic heterocycles. The summed E-state index contributed by atoms with van der Waals surface area (Å²) in [7, 11) is 0. The van der Waals surface area contributed by atoms with E-state index >= 15 is 0 Å². The summed E-state index contributed by atoms with van der Waals surface area (Å²) < 4.78 is 0. The Hall–Kier alpha value is -7.42. The summed E-state index contributed by atoms with van der Waals surface area (Å²) in [5.41, 5.74) is 20.5. The molecule has 0 radical (unpaired) electrons. The fourth-order valence-corrected chi connectivity index (χ4v) is 10.7. The van der Waals surface area contributed by atoms with Gasteiger partial charge in [-0.2, -0.15) is 0 Å². The molecule has 0 amide bonds. The van der Waals surface area contributed by atoms with E-state index in [4.69, 9.17) is 9.97 Å². The lowest BCUT2D eigenvalue weighted by atomic mass is 9.81. The molecule has 2 heteroatoms. The Balaban J connectivity index is 0.976. The monoisotopic (exact) mass is 792 g/mol. The van der Waals surface area contributed by atoms with Crippen molar-refractivity contribution in [3.05, 3.63) is 216 Å². The predicted molar refractivity (Wildman–Crippen MR) is 259 cm³/mol. The van der Waals surface area contributed by atoms with E-state index in [2.05, 4.69) is 216 Å². The van der Waals surface area contributed by atoms with Crippen molar-refractivity contribution in [3.63, 3.8) is 0 Å². The number of hydrogen-bond acceptors (Lipinski definition) is 2. The zero-order valence-electron chi connectivity index (χ0n) is 35.4. The molecule has 1 heterocycles. The average Bonchev–Trinajstić information content (AvgIpc) is 3.69. The van der Waals surface area contributed by atoms with Crippen molar-refractivity contribution in [1.29, 1.82) is 0 Å². The Morgan fingerprint density at radius 2 is 0.806 bits per heavy atom. The Labute approximate surface area is 363 Å². The molecule has 0 saturated carbocycles. The molecule has 0 spiro atoms. The first-order valence-corrected chi connectivity index (χ1v) is 21.7. The number of fused-ring (bicyclic) bond motifs is 8. The zero-order chi connectivity index (χ0) is 41.7. The molecule has 9 aromatic carbocycles. The normalized spacial score (nSPS) is 14.1. The summed E-state index contributed by atoms with van der Waals surface area (Å²) in [4.78, 5) is 10.6. The molecule has 2 aliphatic carbocycles. The minimum Gasteiger partial charge on any atom is -0.228 e. The first kappa shape index (κ1) is 36.4. The first-order chi connectivity index (χ1) is 30.2. The third-order valence-electron chi connectivity index (χ3n) is 13.9. The lowest BCUT2D eigenvalue weighted by Crippen LogP contribution is -2.14. The summed E-state index contributed by atoms with van der Waals surface area (Å²) >= 11 is 0. The number of rotatable bonds is 5. The van der Waals surface area contributed by atoms with Gasteiger partial charge in [-0.05, 0) is 119 Å². The van der Waals surface area contributed by atoms with Crippen molar-refractivity contribution in [2.24, 2.45) is 0 Å². The molecule has 2 nitrogen and oxygen atoms in total. The molecule has 0 bridgehead atoms. The number of hydrogen-bond donors (Lipinski definition) is 0. The van der Waals surface area contributed by atoms with Crippen LogP contribution < -0.4 is 0 Å². The summed E-state index contributed by atoms with van der Waals surface area (Å²) in [6.07, 6.45) is 0. The van der Waals surface area contributed by atoms with E-state index in [0.29, 0.717) is 0 Å². The van der Waals surface area contributed by atoms with Crippen LogP contribution in [-0.4, -0.2) is 9.97 Å². The average molecular weight is 793 g/mol. The van der Waals surface area contributed by atoms with Gasteiger partial charge in [0.1, 0.15) is 0 Å². The second-order valence-electron chi connectivity index (χ2n) is 18.1. The van der Waals surface area contributed by atoms with Crippen LogP contribution in [0.4, 0.5) is 0 Å². The van der Waals surface area contributed by atoms with Gasteiger partial charge >= 0.3 is 0 Å². The van der Waals surface area contributed by atoms with Gasteiger partial charge in [-0.3, -0.25) is 0 Å². The maximum atomic E-state index is 5.33. The van der Waals surface area contributed by atoms with Gasteiger partial charge in [0, 0.05) is 27.5 Å². The maximum Gasteiger partial charge on any atom is 0.160 e. The summed E-state index contributed by atoms with van der Waals surface area (Å²) in [5.74, 6) is 0.720. The smallest absolute Gasteiger partial charge is 0.160 e. The molecule has 2 aliphatic rings. The Morgan fingerprint density at radius 3 is 1.56 bits per heavy atom. The fraction of sp³-hybridized carbons (Fsp3) is 0.100. The van der Waals surface area contributed by atoms with Gasteiger partial charge in [-0.1, -0.05) is 191 Å². The molecule has 1 aromatic heterocycles. The standard InChI is InChI=1S/C60H44N2/c1-59(2)50-25-13-12-22-47(50)56-46(23-14-26-51(56)59)45-21-11-10-20-44(45)42-30-28-41-33-43(31-29-40(41)32-42)54-36-55(62-58(61-54)37-16-6-5-7-17-37)48-24-15-27-52-57(48)49-34-38-18-8-9-19-39(38)35-53(49)60(52,3)4/h5-36H,1-4H3. The summed E-state index contributed by atoms with van der Waals surface area (Å²) in [5, 5.41) is 4.88. The van der Waals surface area contributed by atoms with Crippen molar-refractivity contribution in [3.8, 4) is 78.4 Å².